The zero-order valence-electron chi connectivity index (χ0n) is 11.5. The Morgan fingerprint density at radius 3 is 2.33 bits per heavy atom. The number of benzene rings is 1. The molecule has 1 aliphatic rings. The summed E-state index contributed by atoms with van der Waals surface area (Å²) in [4.78, 5) is 5.63. The van der Waals surface area contributed by atoms with Crippen molar-refractivity contribution in [3.8, 4) is 0 Å². The Morgan fingerprint density at radius 2 is 1.71 bits per heavy atom. The van der Waals surface area contributed by atoms with Gasteiger partial charge in [-0.1, -0.05) is 30.0 Å². The van der Waals surface area contributed by atoms with Gasteiger partial charge in [0.1, 0.15) is 9.92 Å². The standard InChI is InChI=1S/C15H16N2O2S2/c18-21(19,17-10-4-5-11-17)14-8-9-15(16-12-14)20-13-6-2-1-3-7-13/h1-3,6-9,12H,4-5,10-11H2. The Morgan fingerprint density at radius 1 is 1.00 bits per heavy atom. The molecule has 0 saturated carbocycles. The van der Waals surface area contributed by atoms with Gasteiger partial charge in [-0.05, 0) is 37.1 Å². The number of hydrogen-bond acceptors (Lipinski definition) is 4. The molecule has 21 heavy (non-hydrogen) atoms. The lowest BCUT2D eigenvalue weighted by Gasteiger charge is -2.15. The van der Waals surface area contributed by atoms with Crippen molar-refractivity contribution in [2.24, 2.45) is 0 Å². The Bertz CT molecular complexity index is 694. The van der Waals surface area contributed by atoms with Crippen LogP contribution in [0.1, 0.15) is 12.8 Å². The highest BCUT2D eigenvalue weighted by Crippen LogP contribution is 2.27. The highest BCUT2D eigenvalue weighted by Gasteiger charge is 2.27. The predicted octanol–water partition coefficient (Wildman–Crippen LogP) is 3.02. The van der Waals surface area contributed by atoms with Gasteiger partial charge in [0.2, 0.25) is 10.0 Å². The van der Waals surface area contributed by atoms with Gasteiger partial charge in [-0.2, -0.15) is 4.31 Å². The second-order valence-corrected chi connectivity index (χ2v) is 7.89. The fourth-order valence-electron chi connectivity index (χ4n) is 2.27. The van der Waals surface area contributed by atoms with Gasteiger partial charge < -0.3 is 0 Å². The summed E-state index contributed by atoms with van der Waals surface area (Å²) in [6.07, 6.45) is 3.34. The maximum Gasteiger partial charge on any atom is 0.244 e. The topological polar surface area (TPSA) is 50.3 Å². The number of sulfonamides is 1. The number of hydrogen-bond donors (Lipinski definition) is 0. The normalized spacial score (nSPS) is 16.2. The van der Waals surface area contributed by atoms with Crippen LogP contribution in [-0.2, 0) is 10.0 Å². The van der Waals surface area contributed by atoms with E-state index in [0.29, 0.717) is 13.1 Å². The van der Waals surface area contributed by atoms with Crippen molar-refractivity contribution in [1.82, 2.24) is 9.29 Å². The van der Waals surface area contributed by atoms with Crippen LogP contribution < -0.4 is 0 Å². The summed E-state index contributed by atoms with van der Waals surface area (Å²) >= 11 is 1.52. The van der Waals surface area contributed by atoms with Crippen LogP contribution in [0.4, 0.5) is 0 Å². The molecule has 1 fully saturated rings. The van der Waals surface area contributed by atoms with Crippen LogP contribution in [0, 0.1) is 0 Å². The first kappa shape index (κ1) is 14.6. The number of aromatic nitrogens is 1. The zero-order valence-corrected chi connectivity index (χ0v) is 13.1. The molecule has 110 valence electrons. The Labute approximate surface area is 129 Å². The lowest BCUT2D eigenvalue weighted by atomic mass is 10.4. The highest BCUT2D eigenvalue weighted by molar-refractivity contribution is 7.99. The summed E-state index contributed by atoms with van der Waals surface area (Å²) in [6.45, 7) is 1.23. The molecule has 6 heteroatoms. The molecule has 2 aromatic rings. The van der Waals surface area contributed by atoms with E-state index < -0.39 is 10.0 Å². The fourth-order valence-corrected chi connectivity index (χ4v) is 4.51. The molecule has 0 N–H and O–H groups in total. The first-order valence-corrected chi connectivity index (χ1v) is 9.11. The molecule has 0 aliphatic carbocycles. The smallest absolute Gasteiger partial charge is 0.244 e. The van der Waals surface area contributed by atoms with Crippen LogP contribution in [0.25, 0.3) is 0 Å². The molecule has 0 unspecified atom stereocenters. The van der Waals surface area contributed by atoms with Crippen LogP contribution in [0.3, 0.4) is 0 Å². The van der Waals surface area contributed by atoms with E-state index in [1.54, 1.807) is 12.1 Å². The molecule has 1 aromatic carbocycles. The molecule has 4 nitrogen and oxygen atoms in total. The van der Waals surface area contributed by atoms with Crippen molar-refractivity contribution in [1.29, 1.82) is 0 Å². The van der Waals surface area contributed by atoms with Crippen molar-refractivity contribution in [2.45, 2.75) is 27.7 Å². The van der Waals surface area contributed by atoms with Crippen molar-refractivity contribution >= 4 is 21.8 Å². The zero-order chi connectivity index (χ0) is 14.7. The summed E-state index contributed by atoms with van der Waals surface area (Å²) in [6, 6.07) is 13.3. The monoisotopic (exact) mass is 320 g/mol. The molecule has 0 atom stereocenters. The average molecular weight is 320 g/mol. The number of rotatable bonds is 4. The average Bonchev–Trinajstić information content (AvgIpc) is 3.04. The van der Waals surface area contributed by atoms with Crippen LogP contribution in [0.15, 0.2) is 63.5 Å². The van der Waals surface area contributed by atoms with Gasteiger partial charge in [0.15, 0.2) is 0 Å². The van der Waals surface area contributed by atoms with Crippen LogP contribution in [-0.4, -0.2) is 30.8 Å². The quantitative estimate of drug-likeness (QED) is 0.869. The van der Waals surface area contributed by atoms with E-state index >= 15 is 0 Å². The van der Waals surface area contributed by atoms with E-state index in [4.69, 9.17) is 0 Å². The van der Waals surface area contributed by atoms with E-state index in [-0.39, 0.29) is 4.90 Å². The van der Waals surface area contributed by atoms with Crippen LogP contribution in [0.5, 0.6) is 0 Å². The second-order valence-electron chi connectivity index (χ2n) is 4.86. The SMILES string of the molecule is O=S(=O)(c1ccc(Sc2ccccc2)nc1)N1CCCC1. The summed E-state index contributed by atoms with van der Waals surface area (Å²) in [7, 11) is -3.37. The van der Waals surface area contributed by atoms with Crippen molar-refractivity contribution in [3.63, 3.8) is 0 Å². The van der Waals surface area contributed by atoms with E-state index in [0.717, 1.165) is 22.8 Å². The maximum absolute atomic E-state index is 12.4. The van der Waals surface area contributed by atoms with E-state index in [2.05, 4.69) is 4.98 Å². The van der Waals surface area contributed by atoms with Gasteiger partial charge in [0.05, 0.1) is 0 Å². The van der Waals surface area contributed by atoms with E-state index in [1.165, 1.54) is 22.3 Å². The van der Waals surface area contributed by atoms with E-state index in [9.17, 15) is 8.42 Å². The fraction of sp³-hybridized carbons (Fsp3) is 0.267. The second kappa shape index (κ2) is 6.17. The van der Waals surface area contributed by atoms with Gasteiger partial charge in [-0.25, -0.2) is 13.4 Å². The Kier molecular flexibility index (Phi) is 4.28. The van der Waals surface area contributed by atoms with Crippen molar-refractivity contribution in [2.75, 3.05) is 13.1 Å². The molecule has 1 aliphatic heterocycles. The van der Waals surface area contributed by atoms with E-state index in [1.807, 2.05) is 30.3 Å². The molecule has 1 saturated heterocycles. The van der Waals surface area contributed by atoms with Crippen molar-refractivity contribution in [3.05, 3.63) is 48.7 Å². The Hall–Kier alpha value is -1.37. The maximum atomic E-state index is 12.4. The molecular formula is C15H16N2O2S2. The third kappa shape index (κ3) is 3.28. The van der Waals surface area contributed by atoms with Crippen LogP contribution >= 0.6 is 11.8 Å². The third-order valence-corrected chi connectivity index (χ3v) is 6.22. The molecule has 0 spiro atoms. The lowest BCUT2D eigenvalue weighted by molar-refractivity contribution is 0.477. The molecule has 0 bridgehead atoms. The van der Waals surface area contributed by atoms with Gasteiger partial charge in [-0.3, -0.25) is 0 Å². The minimum absolute atomic E-state index is 0.279. The summed E-state index contributed by atoms with van der Waals surface area (Å²) in [5, 5.41) is 0.793. The highest BCUT2D eigenvalue weighted by atomic mass is 32.2. The lowest BCUT2D eigenvalue weighted by Crippen LogP contribution is -2.27. The summed E-state index contributed by atoms with van der Waals surface area (Å²) < 4.78 is 26.3. The van der Waals surface area contributed by atoms with Gasteiger partial charge in [-0.15, -0.1) is 0 Å². The molecule has 3 rings (SSSR count). The molecule has 0 amide bonds. The van der Waals surface area contributed by atoms with Crippen LogP contribution in [0.2, 0.25) is 0 Å². The predicted molar refractivity (Wildman–Crippen MR) is 82.8 cm³/mol. The Balaban J connectivity index is 1.78. The largest absolute Gasteiger partial charge is 0.248 e. The molecule has 0 radical (unpaired) electrons. The van der Waals surface area contributed by atoms with Gasteiger partial charge in [0, 0.05) is 24.2 Å². The molecule has 2 heterocycles. The number of pyridine rings is 1. The molecule has 1 aromatic heterocycles. The third-order valence-electron chi connectivity index (χ3n) is 3.38. The summed E-state index contributed by atoms with van der Waals surface area (Å²) in [5.74, 6) is 0. The van der Waals surface area contributed by atoms with Crippen molar-refractivity contribution < 1.29 is 8.42 Å². The first-order chi connectivity index (χ1) is 10.2. The minimum atomic E-state index is -3.37. The molecular weight excluding hydrogens is 304 g/mol. The minimum Gasteiger partial charge on any atom is -0.248 e. The van der Waals surface area contributed by atoms with Gasteiger partial charge >= 0.3 is 0 Å². The first-order valence-electron chi connectivity index (χ1n) is 6.85. The van der Waals surface area contributed by atoms with Gasteiger partial charge in [0.25, 0.3) is 0 Å². The number of nitrogens with zero attached hydrogens (tertiary/aromatic N) is 2. The summed E-state index contributed by atoms with van der Waals surface area (Å²) in [5.41, 5.74) is 0.